The van der Waals surface area contributed by atoms with Crippen LogP contribution in [0.4, 0.5) is 4.39 Å². The molecule has 0 aliphatic carbocycles. The van der Waals surface area contributed by atoms with Crippen molar-refractivity contribution >= 4 is 11.9 Å². The lowest BCUT2D eigenvalue weighted by Gasteiger charge is -2.32. The maximum atomic E-state index is 13.1. The van der Waals surface area contributed by atoms with Crippen molar-refractivity contribution in [3.05, 3.63) is 65.0 Å². The van der Waals surface area contributed by atoms with E-state index in [-0.39, 0.29) is 17.3 Å². The number of esters is 1. The van der Waals surface area contributed by atoms with Crippen LogP contribution in [0.3, 0.4) is 0 Å². The molecule has 30 heavy (non-hydrogen) atoms. The molecule has 0 aromatic heterocycles. The second-order valence-electron chi connectivity index (χ2n) is 7.45. The Hall–Kier alpha value is -2.93. The van der Waals surface area contributed by atoms with Gasteiger partial charge in [-0.05, 0) is 60.6 Å². The molecule has 1 saturated heterocycles. The van der Waals surface area contributed by atoms with E-state index < -0.39 is 12.1 Å². The van der Waals surface area contributed by atoms with Gasteiger partial charge in [0.25, 0.3) is 5.91 Å². The predicted molar refractivity (Wildman–Crippen MR) is 109 cm³/mol. The van der Waals surface area contributed by atoms with E-state index in [0.29, 0.717) is 30.3 Å². The molecular formula is C23H26FNO5. The lowest BCUT2D eigenvalue weighted by Crippen LogP contribution is -2.39. The first-order chi connectivity index (χ1) is 14.4. The van der Waals surface area contributed by atoms with Gasteiger partial charge >= 0.3 is 5.97 Å². The van der Waals surface area contributed by atoms with E-state index in [1.165, 1.54) is 38.5 Å². The summed E-state index contributed by atoms with van der Waals surface area (Å²) >= 11 is 0. The third kappa shape index (κ3) is 4.97. The van der Waals surface area contributed by atoms with Crippen LogP contribution in [-0.2, 0) is 16.0 Å². The number of halogens is 1. The van der Waals surface area contributed by atoms with Gasteiger partial charge in [-0.1, -0.05) is 18.2 Å². The lowest BCUT2D eigenvalue weighted by atomic mass is 9.90. The molecule has 0 bridgehead atoms. The molecule has 1 amide bonds. The largest absolute Gasteiger partial charge is 0.496 e. The summed E-state index contributed by atoms with van der Waals surface area (Å²) in [6.07, 6.45) is 1.08. The topological polar surface area (TPSA) is 76.1 Å². The molecule has 0 spiro atoms. The summed E-state index contributed by atoms with van der Waals surface area (Å²) in [5, 5.41) is 10.1. The highest BCUT2D eigenvalue weighted by molar-refractivity contribution is 5.97. The Morgan fingerprint density at radius 3 is 2.40 bits per heavy atom. The number of aliphatic hydroxyl groups is 1. The summed E-state index contributed by atoms with van der Waals surface area (Å²) in [7, 11) is 2.66. The van der Waals surface area contributed by atoms with Gasteiger partial charge in [0.15, 0.2) is 6.10 Å². The Balaban J connectivity index is 1.68. The second kappa shape index (κ2) is 9.71. The van der Waals surface area contributed by atoms with E-state index in [2.05, 4.69) is 4.74 Å². The molecular weight excluding hydrogens is 389 g/mol. The Kier molecular flexibility index (Phi) is 7.05. The number of ether oxygens (including phenoxy) is 2. The molecule has 1 N–H and O–H groups in total. The standard InChI is InChI=1S/C23H26FNO5/c1-29-20-8-5-17(21(26)23(28)30-2)14-19(20)22(27)25-11-9-16(10-12-25)13-15-3-6-18(24)7-4-15/h3-8,14,16,21,26H,9-13H2,1-2H3. The fraction of sp³-hybridized carbons (Fsp3) is 0.391. The first-order valence-electron chi connectivity index (χ1n) is 9.90. The molecule has 7 heteroatoms. The number of carbonyl (C=O) groups excluding carboxylic acids is 2. The molecule has 1 aliphatic rings. The van der Waals surface area contributed by atoms with Gasteiger partial charge in [0, 0.05) is 13.1 Å². The number of benzene rings is 2. The number of nitrogens with zero attached hydrogens (tertiary/aromatic N) is 1. The molecule has 0 saturated carbocycles. The zero-order valence-corrected chi connectivity index (χ0v) is 17.1. The van der Waals surface area contributed by atoms with Gasteiger partial charge in [-0.2, -0.15) is 0 Å². The van der Waals surface area contributed by atoms with E-state index in [1.807, 2.05) is 0 Å². The van der Waals surface area contributed by atoms with Crippen molar-refractivity contribution in [2.24, 2.45) is 5.92 Å². The smallest absolute Gasteiger partial charge is 0.339 e. The normalized spacial score (nSPS) is 15.5. The highest BCUT2D eigenvalue weighted by atomic mass is 19.1. The number of carbonyl (C=O) groups is 2. The van der Waals surface area contributed by atoms with Crippen LogP contribution in [0.25, 0.3) is 0 Å². The number of amides is 1. The van der Waals surface area contributed by atoms with Crippen molar-refractivity contribution in [1.29, 1.82) is 0 Å². The van der Waals surface area contributed by atoms with Gasteiger partial charge < -0.3 is 19.5 Å². The van der Waals surface area contributed by atoms with E-state index in [4.69, 9.17) is 4.74 Å². The summed E-state index contributed by atoms with van der Waals surface area (Å²) in [4.78, 5) is 26.5. The third-order valence-electron chi connectivity index (χ3n) is 5.53. The van der Waals surface area contributed by atoms with Gasteiger partial charge in [0.2, 0.25) is 0 Å². The lowest BCUT2D eigenvalue weighted by molar-refractivity contribution is -0.150. The first-order valence-corrected chi connectivity index (χ1v) is 9.90. The van der Waals surface area contributed by atoms with Crippen molar-refractivity contribution in [3.63, 3.8) is 0 Å². The number of rotatable bonds is 6. The van der Waals surface area contributed by atoms with E-state index in [1.54, 1.807) is 23.1 Å². The van der Waals surface area contributed by atoms with Gasteiger partial charge in [-0.25, -0.2) is 9.18 Å². The summed E-state index contributed by atoms with van der Waals surface area (Å²) in [5.41, 5.74) is 1.67. The second-order valence-corrected chi connectivity index (χ2v) is 7.45. The molecule has 1 heterocycles. The molecule has 1 unspecified atom stereocenters. The van der Waals surface area contributed by atoms with E-state index >= 15 is 0 Å². The minimum atomic E-state index is -1.46. The van der Waals surface area contributed by atoms with Crippen LogP contribution in [0.15, 0.2) is 42.5 Å². The third-order valence-corrected chi connectivity index (χ3v) is 5.53. The Morgan fingerprint density at radius 2 is 1.80 bits per heavy atom. The minimum Gasteiger partial charge on any atom is -0.496 e. The van der Waals surface area contributed by atoms with Crippen molar-refractivity contribution < 1.29 is 28.6 Å². The maximum absolute atomic E-state index is 13.1. The van der Waals surface area contributed by atoms with Crippen LogP contribution < -0.4 is 4.74 Å². The van der Waals surface area contributed by atoms with Gasteiger partial charge in [-0.3, -0.25) is 4.79 Å². The average molecular weight is 415 g/mol. The number of piperidine rings is 1. The quantitative estimate of drug-likeness (QED) is 0.734. The zero-order chi connectivity index (χ0) is 21.7. The number of hydrogen-bond donors (Lipinski definition) is 1. The van der Waals surface area contributed by atoms with E-state index in [9.17, 15) is 19.1 Å². The van der Waals surface area contributed by atoms with Crippen LogP contribution >= 0.6 is 0 Å². The van der Waals surface area contributed by atoms with Crippen molar-refractivity contribution in [3.8, 4) is 5.75 Å². The fourth-order valence-corrected chi connectivity index (χ4v) is 3.77. The van der Waals surface area contributed by atoms with E-state index in [0.717, 1.165) is 24.8 Å². The van der Waals surface area contributed by atoms with Gasteiger partial charge in [0.1, 0.15) is 11.6 Å². The highest BCUT2D eigenvalue weighted by Gasteiger charge is 2.27. The minimum absolute atomic E-state index is 0.203. The molecule has 2 aromatic carbocycles. The average Bonchev–Trinajstić information content (AvgIpc) is 2.79. The number of likely N-dealkylation sites (tertiary alicyclic amines) is 1. The van der Waals surface area contributed by atoms with Gasteiger partial charge in [-0.15, -0.1) is 0 Å². The number of aliphatic hydroxyl groups excluding tert-OH is 1. The molecule has 1 fully saturated rings. The molecule has 160 valence electrons. The molecule has 1 aliphatic heterocycles. The van der Waals surface area contributed by atoms with Crippen molar-refractivity contribution in [2.45, 2.75) is 25.4 Å². The molecule has 2 aromatic rings. The number of methoxy groups -OCH3 is 2. The summed E-state index contributed by atoms with van der Waals surface area (Å²) in [6.45, 7) is 1.19. The Labute approximate surface area is 175 Å². The van der Waals surface area contributed by atoms with Crippen molar-refractivity contribution in [1.82, 2.24) is 4.90 Å². The molecule has 0 radical (unpaired) electrons. The monoisotopic (exact) mass is 415 g/mol. The zero-order valence-electron chi connectivity index (χ0n) is 17.1. The van der Waals surface area contributed by atoms with Gasteiger partial charge in [0.05, 0.1) is 19.8 Å². The van der Waals surface area contributed by atoms with Crippen LogP contribution in [0, 0.1) is 11.7 Å². The summed E-state index contributed by atoms with van der Waals surface area (Å²) in [6, 6.07) is 11.1. The fourth-order valence-electron chi connectivity index (χ4n) is 3.77. The molecule has 1 atom stereocenters. The molecule has 6 nitrogen and oxygen atoms in total. The van der Waals surface area contributed by atoms with Crippen LogP contribution in [0.5, 0.6) is 5.75 Å². The Morgan fingerprint density at radius 1 is 1.13 bits per heavy atom. The number of hydrogen-bond acceptors (Lipinski definition) is 5. The van der Waals surface area contributed by atoms with Crippen LogP contribution in [0.1, 0.15) is 40.4 Å². The van der Waals surface area contributed by atoms with Crippen LogP contribution in [0.2, 0.25) is 0 Å². The predicted octanol–water partition coefficient (Wildman–Crippen LogP) is 3.14. The molecule has 3 rings (SSSR count). The highest BCUT2D eigenvalue weighted by Crippen LogP contribution is 2.28. The maximum Gasteiger partial charge on any atom is 0.339 e. The van der Waals surface area contributed by atoms with Crippen LogP contribution in [-0.4, -0.2) is 49.2 Å². The summed E-state index contributed by atoms with van der Waals surface area (Å²) < 4.78 is 23.0. The SMILES string of the molecule is COC(=O)C(O)c1ccc(OC)c(C(=O)N2CCC(Cc3ccc(F)cc3)CC2)c1. The summed E-state index contributed by atoms with van der Waals surface area (Å²) in [5.74, 6) is -0.429. The Bertz CT molecular complexity index is 891. The van der Waals surface area contributed by atoms with Crippen molar-refractivity contribution in [2.75, 3.05) is 27.3 Å². The first kappa shape index (κ1) is 21.8.